The number of carboxylic acids is 1. The van der Waals surface area contributed by atoms with E-state index in [0.29, 0.717) is 0 Å². The summed E-state index contributed by atoms with van der Waals surface area (Å²) in [5.74, 6) is -8.31. The maximum absolute atomic E-state index is 13.8. The van der Waals surface area contributed by atoms with Crippen LogP contribution in [0.4, 0.5) is 0 Å². The quantitative estimate of drug-likeness (QED) is 0.0196. The number of benzene rings is 1. The fourth-order valence-electron chi connectivity index (χ4n) is 6.49. The van der Waals surface area contributed by atoms with Gasteiger partial charge in [0.1, 0.15) is 42.3 Å². The Balaban J connectivity index is 3.26. The fraction of sp³-hybridized carbons (Fsp3) is 0.628. The van der Waals surface area contributed by atoms with Crippen molar-refractivity contribution in [2.24, 2.45) is 34.0 Å². The van der Waals surface area contributed by atoms with Crippen molar-refractivity contribution in [3.05, 3.63) is 35.9 Å². The normalized spacial score (nSPS) is 14.7. The second-order valence-electron chi connectivity index (χ2n) is 16.8. The molecule has 0 saturated heterocycles. The highest BCUT2D eigenvalue weighted by Gasteiger charge is 2.35. The van der Waals surface area contributed by atoms with Gasteiger partial charge in [-0.3, -0.25) is 48.1 Å². The Hall–Kier alpha value is -6.01. The topological polar surface area (TPSA) is 381 Å². The molecule has 1 aromatic rings. The van der Waals surface area contributed by atoms with Crippen molar-refractivity contribution in [3.63, 3.8) is 0 Å². The number of nitrogens with two attached hydrogens (primary N) is 3. The number of rotatable bonds is 32. The number of hydrogen-bond donors (Lipinski definition) is 13. The van der Waals surface area contributed by atoms with Gasteiger partial charge in [-0.05, 0) is 81.9 Å². The molecule has 1 aromatic carbocycles. The van der Waals surface area contributed by atoms with Crippen LogP contribution in [0.2, 0.25) is 0 Å². The number of aliphatic hydroxyl groups is 1. The third-order valence-corrected chi connectivity index (χ3v) is 10.7. The molecule has 23 nitrogen and oxygen atoms in total. The van der Waals surface area contributed by atoms with E-state index in [9.17, 15) is 53.4 Å². The molecule has 0 unspecified atom stereocenters. The number of guanidine groups is 1. The molecule has 67 heavy (non-hydrogen) atoms. The first kappa shape index (κ1) is 59.0. The third kappa shape index (κ3) is 23.3. The van der Waals surface area contributed by atoms with E-state index in [1.165, 1.54) is 18.7 Å². The number of thioether (sulfide) groups is 1. The maximum atomic E-state index is 13.8. The van der Waals surface area contributed by atoms with Crippen molar-refractivity contribution >= 4 is 70.9 Å². The molecule has 0 radical (unpaired) electrons. The lowest BCUT2D eigenvalue weighted by Gasteiger charge is -2.27. The monoisotopic (exact) mass is 965 g/mol. The largest absolute Gasteiger partial charge is 0.481 e. The van der Waals surface area contributed by atoms with Crippen LogP contribution in [0.1, 0.15) is 78.7 Å². The number of aliphatic imine (C=N–C) groups is 1. The van der Waals surface area contributed by atoms with E-state index in [-0.39, 0.29) is 68.6 Å². The molecule has 0 saturated carbocycles. The molecular formula is C43H72N12O11S. The number of nitrogens with zero attached hydrogens (tertiary/aromatic N) is 1. The van der Waals surface area contributed by atoms with Gasteiger partial charge in [0.2, 0.25) is 47.3 Å². The van der Waals surface area contributed by atoms with E-state index in [2.05, 4.69) is 47.5 Å². The molecule has 16 N–H and O–H groups in total. The number of carbonyl (C=O) groups excluding carboxylic acids is 8. The van der Waals surface area contributed by atoms with Crippen molar-refractivity contribution in [3.8, 4) is 0 Å². The molecule has 376 valence electrons. The summed E-state index contributed by atoms with van der Waals surface area (Å²) in [5, 5.41) is 40.3. The van der Waals surface area contributed by atoms with Gasteiger partial charge < -0.3 is 69.9 Å². The van der Waals surface area contributed by atoms with E-state index >= 15 is 0 Å². The predicted molar refractivity (Wildman–Crippen MR) is 253 cm³/mol. The summed E-state index contributed by atoms with van der Waals surface area (Å²) in [6.45, 7) is 7.70. The van der Waals surface area contributed by atoms with Crippen molar-refractivity contribution in [2.75, 3.05) is 32.2 Å². The van der Waals surface area contributed by atoms with Crippen LogP contribution in [-0.2, 0) is 49.6 Å². The number of amides is 8. The minimum atomic E-state index is -1.77. The Morgan fingerprint density at radius 2 is 1.07 bits per heavy atom. The van der Waals surface area contributed by atoms with Gasteiger partial charge in [-0.1, -0.05) is 58.0 Å². The summed E-state index contributed by atoms with van der Waals surface area (Å²) in [4.78, 5) is 122. The first-order valence-corrected chi connectivity index (χ1v) is 23.4. The van der Waals surface area contributed by atoms with Crippen LogP contribution in [-0.4, -0.2) is 150 Å². The minimum absolute atomic E-state index is 0.0117. The van der Waals surface area contributed by atoms with Gasteiger partial charge in [0.15, 0.2) is 5.96 Å². The average Bonchev–Trinajstić information content (AvgIpc) is 3.25. The number of hydrogen-bond acceptors (Lipinski definition) is 13. The molecule has 24 heteroatoms. The summed E-state index contributed by atoms with van der Waals surface area (Å²) in [5.41, 5.74) is 17.2. The maximum Gasteiger partial charge on any atom is 0.305 e. The fourth-order valence-corrected chi connectivity index (χ4v) is 6.96. The van der Waals surface area contributed by atoms with E-state index in [4.69, 9.17) is 17.2 Å². The first-order chi connectivity index (χ1) is 31.5. The van der Waals surface area contributed by atoms with Gasteiger partial charge in [0.05, 0.1) is 19.1 Å². The Bertz CT molecular complexity index is 1830. The number of aliphatic hydroxyl groups excluding tert-OH is 1. The number of nitrogens with one attached hydrogen (secondary N) is 8. The van der Waals surface area contributed by atoms with E-state index in [1.807, 2.05) is 44.2 Å². The first-order valence-electron chi connectivity index (χ1n) is 22.0. The smallest absolute Gasteiger partial charge is 0.305 e. The van der Waals surface area contributed by atoms with Crippen LogP contribution in [0.5, 0.6) is 0 Å². The molecule has 0 aliphatic heterocycles. The molecule has 8 atom stereocenters. The Labute approximate surface area is 395 Å². The summed E-state index contributed by atoms with van der Waals surface area (Å²) in [7, 11) is 1.58. The Morgan fingerprint density at radius 3 is 1.58 bits per heavy atom. The van der Waals surface area contributed by atoms with Gasteiger partial charge in [-0.25, -0.2) is 0 Å². The molecule has 8 amide bonds. The lowest BCUT2D eigenvalue weighted by Crippen LogP contribution is -2.61. The number of carboxylic acid groups (broad SMARTS) is 1. The Morgan fingerprint density at radius 1 is 0.612 bits per heavy atom. The molecule has 0 aliphatic carbocycles. The van der Waals surface area contributed by atoms with E-state index in [0.717, 1.165) is 5.56 Å². The van der Waals surface area contributed by atoms with Gasteiger partial charge in [0.25, 0.3) is 0 Å². The zero-order valence-electron chi connectivity index (χ0n) is 39.4. The van der Waals surface area contributed by atoms with Gasteiger partial charge >= 0.3 is 5.97 Å². The molecule has 0 bridgehead atoms. The molecule has 0 heterocycles. The summed E-state index contributed by atoms with van der Waals surface area (Å²) < 4.78 is 0. The van der Waals surface area contributed by atoms with Crippen molar-refractivity contribution in [1.82, 2.24) is 42.5 Å². The molecular weight excluding hydrogens is 893 g/mol. The molecule has 0 spiro atoms. The highest BCUT2D eigenvalue weighted by molar-refractivity contribution is 7.98. The summed E-state index contributed by atoms with van der Waals surface area (Å²) >= 11 is 1.30. The average molecular weight is 965 g/mol. The second kappa shape index (κ2) is 31.1. The van der Waals surface area contributed by atoms with Crippen molar-refractivity contribution < 1.29 is 53.4 Å². The molecule has 0 aromatic heterocycles. The minimum Gasteiger partial charge on any atom is -0.481 e. The van der Waals surface area contributed by atoms with Gasteiger partial charge in [-0.15, -0.1) is 0 Å². The number of aliphatic carboxylic acids is 1. The van der Waals surface area contributed by atoms with Crippen LogP contribution in [0.25, 0.3) is 0 Å². The van der Waals surface area contributed by atoms with Crippen molar-refractivity contribution in [1.29, 1.82) is 0 Å². The number of primary amides is 1. The molecule has 1 rings (SSSR count). The number of carbonyl (C=O) groups is 9. The van der Waals surface area contributed by atoms with Gasteiger partial charge in [-0.2, -0.15) is 11.8 Å². The van der Waals surface area contributed by atoms with Crippen LogP contribution in [0, 0.1) is 11.8 Å². The lowest BCUT2D eigenvalue weighted by atomic mass is 10.0. The van der Waals surface area contributed by atoms with Crippen LogP contribution >= 0.6 is 11.8 Å². The highest BCUT2D eigenvalue weighted by atomic mass is 32.2. The molecule has 0 fully saturated rings. The standard InChI is InChI=1S/C43H72N12O11S/c1-23(2)18-29(35(44)59)52-36(60)25(5)49-40(64)31(19-24(3)4)53-41(65)32(21-34(57)58)54-38(62)28(15-17-67-7)51-42(66)33(22-56)55-37(61)27(14-11-16-48-43(45)46)50-39(63)30(47-6)20-26-12-9-8-10-13-26/h8-10,12-13,23-25,27-33,47,56H,11,14-22H2,1-7H3,(H2,44,59)(H,49,64)(H,50,63)(H,51,66)(H,52,60)(H,53,65)(H,54,62)(H,55,61)(H,57,58)(H4,45,46,48)/t25-,27-,28-,29-,30-,31-,32-,33-/m0/s1. The SMILES string of the molecule is CN[C@@H](Cc1ccccc1)C(=O)N[C@@H](CCCN=C(N)N)C(=O)N[C@@H](CO)C(=O)N[C@@H](CCSC)C(=O)N[C@@H](CC(=O)O)C(=O)N[C@@H](CC(C)C)C(=O)N[C@@H](C)C(=O)N[C@@H](CC(C)C)C(N)=O. The van der Waals surface area contributed by atoms with Crippen molar-refractivity contribution in [2.45, 2.75) is 128 Å². The van der Waals surface area contributed by atoms with E-state index in [1.54, 1.807) is 27.2 Å². The zero-order valence-corrected chi connectivity index (χ0v) is 40.2. The van der Waals surface area contributed by atoms with Gasteiger partial charge in [0, 0.05) is 6.54 Å². The van der Waals surface area contributed by atoms with Crippen LogP contribution < -0.4 is 59.7 Å². The predicted octanol–water partition coefficient (Wildman–Crippen LogP) is -2.92. The Kier molecular flexibility index (Phi) is 27.3. The van der Waals surface area contributed by atoms with Crippen LogP contribution in [0.3, 0.4) is 0 Å². The van der Waals surface area contributed by atoms with E-state index < -0.39 is 115 Å². The second-order valence-corrected chi connectivity index (χ2v) is 17.8. The lowest BCUT2D eigenvalue weighted by molar-refractivity contribution is -0.141. The zero-order chi connectivity index (χ0) is 50.8. The summed E-state index contributed by atoms with van der Waals surface area (Å²) in [6.07, 6.45) is 1.56. The summed E-state index contributed by atoms with van der Waals surface area (Å²) in [6, 6.07) is -1.17. The molecule has 0 aliphatic rings. The number of likely N-dealkylation sites (N-methyl/N-ethyl adjacent to an activating group) is 1. The highest BCUT2D eigenvalue weighted by Crippen LogP contribution is 2.10. The third-order valence-electron chi connectivity index (χ3n) is 10.1. The van der Waals surface area contributed by atoms with Crippen LogP contribution in [0.15, 0.2) is 35.3 Å².